The number of nitrogens with one attached hydrogen (secondary N) is 1. The minimum Gasteiger partial charge on any atom is -0.463 e. The lowest BCUT2D eigenvalue weighted by atomic mass is 9.74. The number of carbonyl (C=O) groups excluding carboxylic acids is 4. The molecule has 0 unspecified atom stereocenters. The Kier molecular flexibility index (Phi) is 11.6. The van der Waals surface area contributed by atoms with Crippen molar-refractivity contribution in [2.45, 2.75) is 76.8 Å². The maximum atomic E-state index is 15.3. The summed E-state index contributed by atoms with van der Waals surface area (Å²) >= 11 is 3.64. The van der Waals surface area contributed by atoms with Crippen molar-refractivity contribution >= 4 is 51.0 Å². The SMILES string of the molecule is CCN(CC)c1ccc(N2C/C=C\CCC(=O)OC[C@H](c3ccccc3)NC(=O)[C@H]3[C@@H]4O[C@@]5(C=C4Br)[C@@H]3C(=O)N([C@@H](CO)CC(C)C)[C@@H]5C2=O)cc1. The number of benzene rings is 2. The third-order valence-electron chi connectivity index (χ3n) is 10.7. The number of cyclic esters (lactones) is 1. The van der Waals surface area contributed by atoms with Gasteiger partial charge in [-0.2, -0.15) is 0 Å². The number of allylic oxidation sites excluding steroid dienone is 1. The molecule has 0 radical (unpaired) electrons. The summed E-state index contributed by atoms with van der Waals surface area (Å²) in [6.45, 7) is 9.53. The summed E-state index contributed by atoms with van der Waals surface area (Å²) in [5.74, 6) is -3.59. The Morgan fingerprint density at radius 2 is 1.71 bits per heavy atom. The molecule has 7 atom stereocenters. The van der Waals surface area contributed by atoms with Crippen LogP contribution < -0.4 is 15.1 Å². The van der Waals surface area contributed by atoms with Gasteiger partial charge in [-0.3, -0.25) is 19.2 Å². The van der Waals surface area contributed by atoms with Gasteiger partial charge >= 0.3 is 5.97 Å². The van der Waals surface area contributed by atoms with Gasteiger partial charge in [-0.25, -0.2) is 0 Å². The van der Waals surface area contributed by atoms with Crippen molar-refractivity contribution in [3.63, 3.8) is 0 Å². The fourth-order valence-electron chi connectivity index (χ4n) is 8.27. The highest BCUT2D eigenvalue weighted by Gasteiger charge is 2.75. The third-order valence-corrected chi connectivity index (χ3v) is 11.4. The standard InChI is InChI=1S/C40H49BrN4O7/c1-5-43(6-2)27-16-18-28(19-17-27)44-20-12-8-11-15-32(47)51-24-31(26-13-9-7-10-14-26)42-37(48)33-34-38(49)45(29(23-46)21-25(3)4)36(39(44)50)40(34)22-30(41)35(33)52-40/h7-10,12-14,16-19,22,25,29,31,33-36,46H,5-6,11,15,20-21,23-24H2,1-4H3,(H,42,48)/b12-8-/t29-,31-,33-,34+,35-,36-,40+/m1/s1. The van der Waals surface area contributed by atoms with Crippen molar-refractivity contribution in [3.05, 3.63) is 82.9 Å². The summed E-state index contributed by atoms with van der Waals surface area (Å²) in [7, 11) is 0. The van der Waals surface area contributed by atoms with Gasteiger partial charge in [0.2, 0.25) is 11.8 Å². The Morgan fingerprint density at radius 1 is 1.00 bits per heavy atom. The molecular weight excluding hydrogens is 728 g/mol. The number of halogens is 1. The molecule has 2 aromatic carbocycles. The van der Waals surface area contributed by atoms with E-state index in [1.165, 1.54) is 4.90 Å². The molecule has 6 rings (SSSR count). The average molecular weight is 778 g/mol. The first-order valence-electron chi connectivity index (χ1n) is 18.4. The van der Waals surface area contributed by atoms with Crippen LogP contribution >= 0.6 is 15.9 Å². The zero-order chi connectivity index (χ0) is 37.2. The van der Waals surface area contributed by atoms with E-state index in [2.05, 4.69) is 40.0 Å². The molecule has 1 spiro atoms. The normalized spacial score (nSPS) is 29.1. The van der Waals surface area contributed by atoms with E-state index < -0.39 is 59.5 Å². The number of nitrogens with zero attached hydrogens (tertiary/aromatic N) is 3. The number of hydrogen-bond donors (Lipinski definition) is 2. The first-order chi connectivity index (χ1) is 25.0. The molecule has 2 N–H and O–H groups in total. The van der Waals surface area contributed by atoms with Crippen LogP contribution in [0.1, 0.15) is 58.6 Å². The molecule has 2 aromatic rings. The second-order valence-electron chi connectivity index (χ2n) is 14.3. The van der Waals surface area contributed by atoms with Crippen LogP contribution in [0.25, 0.3) is 0 Å². The lowest BCUT2D eigenvalue weighted by Gasteiger charge is -2.39. The Labute approximate surface area is 314 Å². The minimum atomic E-state index is -1.48. The first-order valence-corrected chi connectivity index (χ1v) is 19.1. The lowest BCUT2D eigenvalue weighted by Crippen LogP contribution is -2.59. The van der Waals surface area contributed by atoms with Crippen LogP contribution in [0.15, 0.2) is 77.3 Å². The summed E-state index contributed by atoms with van der Waals surface area (Å²) in [6.07, 6.45) is 5.61. The van der Waals surface area contributed by atoms with Gasteiger partial charge in [-0.15, -0.1) is 0 Å². The van der Waals surface area contributed by atoms with Gasteiger partial charge < -0.3 is 34.6 Å². The van der Waals surface area contributed by atoms with Crippen LogP contribution in [-0.4, -0.2) is 90.3 Å². The van der Waals surface area contributed by atoms with Crippen LogP contribution in [0.4, 0.5) is 11.4 Å². The van der Waals surface area contributed by atoms with Crippen LogP contribution in [0, 0.1) is 17.8 Å². The highest BCUT2D eigenvalue weighted by Crippen LogP contribution is 2.59. The van der Waals surface area contributed by atoms with Gasteiger partial charge in [0, 0.05) is 41.9 Å². The Hall–Kier alpha value is -4.00. The van der Waals surface area contributed by atoms with E-state index in [4.69, 9.17) is 9.47 Å². The van der Waals surface area contributed by atoms with Crippen LogP contribution in [0.5, 0.6) is 0 Å². The van der Waals surface area contributed by atoms with E-state index in [0.29, 0.717) is 23.0 Å². The van der Waals surface area contributed by atoms with E-state index >= 15 is 4.79 Å². The number of esters is 1. The molecule has 0 aromatic heterocycles. The zero-order valence-corrected chi connectivity index (χ0v) is 31.8. The van der Waals surface area contributed by atoms with Crippen molar-refractivity contribution < 1.29 is 33.8 Å². The molecular formula is C40H49BrN4O7. The molecule has 4 aliphatic rings. The number of aliphatic hydroxyl groups is 1. The minimum absolute atomic E-state index is 0.0945. The molecule has 4 heterocycles. The molecule has 278 valence electrons. The zero-order valence-electron chi connectivity index (χ0n) is 30.2. The topological polar surface area (TPSA) is 129 Å². The smallest absolute Gasteiger partial charge is 0.306 e. The van der Waals surface area contributed by atoms with Crippen LogP contribution in [-0.2, 0) is 28.7 Å². The lowest BCUT2D eigenvalue weighted by molar-refractivity contribution is -0.146. The molecule has 4 aliphatic heterocycles. The number of aliphatic hydroxyl groups excluding tert-OH is 1. The van der Waals surface area contributed by atoms with Crippen LogP contribution in [0.3, 0.4) is 0 Å². The van der Waals surface area contributed by atoms with E-state index in [-0.39, 0.29) is 38.0 Å². The molecule has 3 amide bonds. The highest BCUT2D eigenvalue weighted by atomic mass is 79.9. The number of ether oxygens (including phenoxy) is 2. The summed E-state index contributed by atoms with van der Waals surface area (Å²) in [5, 5.41) is 13.8. The molecule has 11 nitrogen and oxygen atoms in total. The Balaban J connectivity index is 1.47. The fourth-order valence-corrected chi connectivity index (χ4v) is 9.01. The van der Waals surface area contributed by atoms with Gasteiger partial charge in [0.05, 0.1) is 30.5 Å². The molecule has 2 saturated heterocycles. The molecule has 2 fully saturated rings. The van der Waals surface area contributed by atoms with Gasteiger partial charge in [-0.1, -0.05) is 72.3 Å². The summed E-state index contributed by atoms with van der Waals surface area (Å²) in [6, 6.07) is 14.4. The van der Waals surface area contributed by atoms with E-state index in [1.807, 2.05) is 80.6 Å². The molecule has 5 bridgehead atoms. The number of hydrogen-bond acceptors (Lipinski definition) is 8. The summed E-state index contributed by atoms with van der Waals surface area (Å²) < 4.78 is 13.0. The summed E-state index contributed by atoms with van der Waals surface area (Å²) in [5.41, 5.74) is 0.898. The van der Waals surface area contributed by atoms with Crippen molar-refractivity contribution in [3.8, 4) is 0 Å². The molecule has 0 saturated carbocycles. The van der Waals surface area contributed by atoms with E-state index in [1.54, 1.807) is 11.0 Å². The van der Waals surface area contributed by atoms with Gasteiger partial charge in [0.1, 0.15) is 24.4 Å². The van der Waals surface area contributed by atoms with Gasteiger partial charge in [-0.05, 0) is 68.5 Å². The van der Waals surface area contributed by atoms with Gasteiger partial charge in [0.15, 0.2) is 0 Å². The molecule has 0 aliphatic carbocycles. The number of anilines is 2. The predicted octanol–water partition coefficient (Wildman–Crippen LogP) is 4.90. The molecule has 12 heteroatoms. The number of amides is 3. The van der Waals surface area contributed by atoms with Crippen molar-refractivity contribution in [2.75, 3.05) is 42.6 Å². The third kappa shape index (κ3) is 7.04. The Bertz CT molecular complexity index is 1690. The predicted molar refractivity (Wildman–Crippen MR) is 202 cm³/mol. The number of carbonyl (C=O) groups is 4. The maximum absolute atomic E-state index is 15.3. The van der Waals surface area contributed by atoms with Gasteiger partial charge in [0.25, 0.3) is 5.91 Å². The second kappa shape index (κ2) is 15.9. The largest absolute Gasteiger partial charge is 0.463 e. The first kappa shape index (κ1) is 37.7. The second-order valence-corrected chi connectivity index (χ2v) is 15.3. The van der Waals surface area contributed by atoms with E-state index in [0.717, 1.165) is 24.3 Å². The maximum Gasteiger partial charge on any atom is 0.306 e. The van der Waals surface area contributed by atoms with Crippen molar-refractivity contribution in [1.82, 2.24) is 10.2 Å². The number of fused-ring (bicyclic) bond motifs is 2. The fraction of sp³-hybridized carbons (Fsp3) is 0.500. The molecule has 52 heavy (non-hydrogen) atoms. The highest BCUT2D eigenvalue weighted by molar-refractivity contribution is 9.11. The monoisotopic (exact) mass is 776 g/mol. The van der Waals surface area contributed by atoms with E-state index in [9.17, 15) is 19.5 Å². The number of rotatable bonds is 9. The Morgan fingerprint density at radius 3 is 2.37 bits per heavy atom. The quantitative estimate of drug-likeness (QED) is 0.272. The van der Waals surface area contributed by atoms with Crippen molar-refractivity contribution in [1.29, 1.82) is 0 Å². The summed E-state index contributed by atoms with van der Waals surface area (Å²) in [4.78, 5) is 62.8. The number of likely N-dealkylation sites (tertiary alicyclic amines) is 1. The van der Waals surface area contributed by atoms with Crippen LogP contribution in [0.2, 0.25) is 0 Å². The average Bonchev–Trinajstić information content (AvgIpc) is 3.74. The van der Waals surface area contributed by atoms with Crippen molar-refractivity contribution in [2.24, 2.45) is 17.8 Å².